The Morgan fingerprint density at radius 3 is 2.43 bits per heavy atom. The lowest BCUT2D eigenvalue weighted by molar-refractivity contribution is 0.0926. The number of halogens is 1. The first-order valence-electron chi connectivity index (χ1n) is 9.89. The molecule has 0 atom stereocenters. The number of anilines is 2. The molecule has 1 fully saturated rings. The molecular formula is C23H20ClN3O3. The third-order valence-corrected chi connectivity index (χ3v) is 5.87. The predicted molar refractivity (Wildman–Crippen MR) is 115 cm³/mol. The number of carbonyl (C=O) groups excluding carboxylic acids is 2. The van der Waals surface area contributed by atoms with Gasteiger partial charge < -0.3 is 9.32 Å². The van der Waals surface area contributed by atoms with Crippen LogP contribution in [0.5, 0.6) is 0 Å². The maximum absolute atomic E-state index is 13.3. The third-order valence-electron chi connectivity index (χ3n) is 5.63. The van der Waals surface area contributed by atoms with Gasteiger partial charge in [-0.15, -0.1) is 0 Å². The minimum atomic E-state index is -0.310. The van der Waals surface area contributed by atoms with Crippen LogP contribution in [0.25, 0.3) is 0 Å². The van der Waals surface area contributed by atoms with Gasteiger partial charge >= 0.3 is 0 Å². The summed E-state index contributed by atoms with van der Waals surface area (Å²) in [6.45, 7) is 4.02. The number of rotatable bonds is 4. The standard InChI is InChI=1S/C23H20ClN3O3/c24-16-4-1-5-17(14-16)27-22(28)19-7-2-8-20(21(19)23(27)29)26-11-9-25(10-12-26)15-18-6-3-13-30-18/h1-8,13-14H,9-12,15H2. The van der Waals surface area contributed by atoms with Crippen LogP contribution in [0, 0.1) is 0 Å². The molecule has 2 aromatic carbocycles. The summed E-state index contributed by atoms with van der Waals surface area (Å²) in [5, 5.41) is 0.483. The number of hydrogen-bond acceptors (Lipinski definition) is 5. The van der Waals surface area contributed by atoms with Crippen molar-refractivity contribution in [2.24, 2.45) is 0 Å². The molecule has 30 heavy (non-hydrogen) atoms. The second-order valence-corrected chi connectivity index (χ2v) is 7.90. The summed E-state index contributed by atoms with van der Waals surface area (Å²) in [5.41, 5.74) is 2.22. The van der Waals surface area contributed by atoms with Crippen LogP contribution in [0.15, 0.2) is 65.3 Å². The van der Waals surface area contributed by atoms with Gasteiger partial charge in [-0.25, -0.2) is 4.90 Å². The zero-order valence-corrected chi connectivity index (χ0v) is 17.0. The second-order valence-electron chi connectivity index (χ2n) is 7.47. The highest BCUT2D eigenvalue weighted by Crippen LogP contribution is 2.35. The number of hydrogen-bond donors (Lipinski definition) is 0. The molecule has 1 saturated heterocycles. The molecule has 3 heterocycles. The lowest BCUT2D eigenvalue weighted by atomic mass is 10.1. The van der Waals surface area contributed by atoms with E-state index in [9.17, 15) is 9.59 Å². The van der Waals surface area contributed by atoms with Crippen molar-refractivity contribution in [3.63, 3.8) is 0 Å². The lowest BCUT2D eigenvalue weighted by Crippen LogP contribution is -2.46. The first-order valence-corrected chi connectivity index (χ1v) is 10.3. The van der Waals surface area contributed by atoms with E-state index in [1.165, 1.54) is 4.90 Å². The highest BCUT2D eigenvalue weighted by molar-refractivity contribution is 6.37. The van der Waals surface area contributed by atoms with Gasteiger partial charge in [0.05, 0.1) is 35.3 Å². The molecule has 0 N–H and O–H groups in total. The molecule has 3 aromatic rings. The third kappa shape index (κ3) is 3.28. The molecule has 2 amide bonds. The molecule has 0 bridgehead atoms. The van der Waals surface area contributed by atoms with E-state index < -0.39 is 0 Å². The summed E-state index contributed by atoms with van der Waals surface area (Å²) in [4.78, 5) is 32.0. The summed E-state index contributed by atoms with van der Waals surface area (Å²) in [7, 11) is 0. The van der Waals surface area contributed by atoms with E-state index in [-0.39, 0.29) is 11.8 Å². The number of amides is 2. The van der Waals surface area contributed by atoms with Crippen molar-refractivity contribution in [1.29, 1.82) is 0 Å². The van der Waals surface area contributed by atoms with Crippen molar-refractivity contribution in [3.05, 3.63) is 82.8 Å². The zero-order valence-electron chi connectivity index (χ0n) is 16.3. The van der Waals surface area contributed by atoms with Crippen molar-refractivity contribution in [2.45, 2.75) is 6.54 Å². The molecule has 0 spiro atoms. The van der Waals surface area contributed by atoms with Gasteiger partial charge in [0.1, 0.15) is 5.76 Å². The molecule has 2 aliphatic rings. The van der Waals surface area contributed by atoms with Crippen LogP contribution in [0.3, 0.4) is 0 Å². The van der Waals surface area contributed by atoms with Gasteiger partial charge in [-0.3, -0.25) is 14.5 Å². The average Bonchev–Trinajstić information content (AvgIpc) is 3.35. The normalized spacial score (nSPS) is 17.0. The molecule has 6 nitrogen and oxygen atoms in total. The van der Waals surface area contributed by atoms with Gasteiger partial charge in [0, 0.05) is 31.2 Å². The summed E-state index contributed by atoms with van der Waals surface area (Å²) in [6, 6.07) is 16.2. The summed E-state index contributed by atoms with van der Waals surface area (Å²) >= 11 is 6.08. The van der Waals surface area contributed by atoms with Gasteiger partial charge in [0.2, 0.25) is 0 Å². The number of imide groups is 1. The quantitative estimate of drug-likeness (QED) is 0.595. The molecular weight excluding hydrogens is 402 g/mol. The van der Waals surface area contributed by atoms with Crippen LogP contribution in [-0.2, 0) is 6.54 Å². The van der Waals surface area contributed by atoms with E-state index >= 15 is 0 Å². The molecule has 0 unspecified atom stereocenters. The molecule has 7 heteroatoms. The molecule has 0 aliphatic carbocycles. The Kier molecular flexibility index (Phi) is 4.81. The number of carbonyl (C=O) groups is 2. The smallest absolute Gasteiger partial charge is 0.268 e. The average molecular weight is 422 g/mol. The molecule has 0 radical (unpaired) electrons. The minimum Gasteiger partial charge on any atom is -0.468 e. The van der Waals surface area contributed by atoms with Crippen molar-refractivity contribution in [2.75, 3.05) is 36.0 Å². The van der Waals surface area contributed by atoms with Crippen LogP contribution < -0.4 is 9.80 Å². The van der Waals surface area contributed by atoms with Crippen molar-refractivity contribution >= 4 is 34.8 Å². The van der Waals surface area contributed by atoms with E-state index in [4.69, 9.17) is 16.0 Å². The monoisotopic (exact) mass is 421 g/mol. The van der Waals surface area contributed by atoms with E-state index in [0.717, 1.165) is 44.2 Å². The Labute approximate surface area is 179 Å². The Bertz CT molecular complexity index is 1100. The van der Waals surface area contributed by atoms with Crippen molar-refractivity contribution < 1.29 is 14.0 Å². The van der Waals surface area contributed by atoms with Gasteiger partial charge in [-0.05, 0) is 42.5 Å². The fourth-order valence-electron chi connectivity index (χ4n) is 4.15. The number of benzene rings is 2. The predicted octanol–water partition coefficient (Wildman–Crippen LogP) is 4.06. The molecule has 0 saturated carbocycles. The fraction of sp³-hybridized carbons (Fsp3) is 0.217. The number of fused-ring (bicyclic) bond motifs is 1. The van der Waals surface area contributed by atoms with Crippen molar-refractivity contribution in [1.82, 2.24) is 4.90 Å². The molecule has 1 aromatic heterocycles. The van der Waals surface area contributed by atoms with Crippen LogP contribution in [0.1, 0.15) is 26.5 Å². The van der Waals surface area contributed by atoms with Gasteiger partial charge in [0.25, 0.3) is 11.8 Å². The SMILES string of the molecule is O=C1c2cccc(N3CCN(Cc4ccco4)CC3)c2C(=O)N1c1cccc(Cl)c1. The Morgan fingerprint density at radius 2 is 1.70 bits per heavy atom. The number of nitrogens with zero attached hydrogens (tertiary/aromatic N) is 3. The van der Waals surface area contributed by atoms with E-state index in [0.29, 0.717) is 21.8 Å². The Balaban J connectivity index is 1.39. The van der Waals surface area contributed by atoms with Crippen LogP contribution in [0.4, 0.5) is 11.4 Å². The van der Waals surface area contributed by atoms with Crippen LogP contribution in [0.2, 0.25) is 5.02 Å². The maximum Gasteiger partial charge on any atom is 0.268 e. The summed E-state index contributed by atoms with van der Waals surface area (Å²) in [5.74, 6) is 0.337. The summed E-state index contributed by atoms with van der Waals surface area (Å²) < 4.78 is 5.44. The molecule has 5 rings (SSSR count). The minimum absolute atomic E-state index is 0.300. The van der Waals surface area contributed by atoms with Gasteiger partial charge in [-0.2, -0.15) is 0 Å². The Hall–Kier alpha value is -3.09. The van der Waals surface area contributed by atoms with E-state index in [1.54, 1.807) is 36.6 Å². The molecule has 152 valence electrons. The fourth-order valence-corrected chi connectivity index (χ4v) is 4.34. The summed E-state index contributed by atoms with van der Waals surface area (Å²) in [6.07, 6.45) is 1.69. The maximum atomic E-state index is 13.3. The Morgan fingerprint density at radius 1 is 0.900 bits per heavy atom. The second kappa shape index (κ2) is 7.63. The lowest BCUT2D eigenvalue weighted by Gasteiger charge is -2.36. The van der Waals surface area contributed by atoms with E-state index in [1.807, 2.05) is 24.3 Å². The van der Waals surface area contributed by atoms with Crippen molar-refractivity contribution in [3.8, 4) is 0 Å². The van der Waals surface area contributed by atoms with E-state index in [2.05, 4.69) is 9.80 Å². The first-order chi connectivity index (χ1) is 14.6. The zero-order chi connectivity index (χ0) is 20.7. The van der Waals surface area contributed by atoms with Gasteiger partial charge in [0.15, 0.2) is 0 Å². The van der Waals surface area contributed by atoms with Crippen LogP contribution >= 0.6 is 11.6 Å². The largest absolute Gasteiger partial charge is 0.468 e. The number of piperazine rings is 1. The van der Waals surface area contributed by atoms with Crippen LogP contribution in [-0.4, -0.2) is 42.9 Å². The highest BCUT2D eigenvalue weighted by atomic mass is 35.5. The van der Waals surface area contributed by atoms with Gasteiger partial charge in [-0.1, -0.05) is 23.7 Å². The number of furan rings is 1. The first kappa shape index (κ1) is 18.9. The topological polar surface area (TPSA) is 57.0 Å². The highest BCUT2D eigenvalue weighted by Gasteiger charge is 2.39. The molecule has 2 aliphatic heterocycles.